The van der Waals surface area contributed by atoms with E-state index in [2.05, 4.69) is 0 Å². The molecule has 0 radical (unpaired) electrons. The number of carboxylic acids is 1. The van der Waals surface area contributed by atoms with Gasteiger partial charge in [-0.25, -0.2) is 9.36 Å². The average molecular weight is 323 g/mol. The Morgan fingerprint density at radius 2 is 1.50 bits per heavy atom. The molecule has 0 saturated carbocycles. The minimum absolute atomic E-state index is 0.0629. The van der Waals surface area contributed by atoms with Crippen molar-refractivity contribution >= 4 is 37.0 Å². The van der Waals surface area contributed by atoms with Crippen molar-refractivity contribution in [2.75, 3.05) is 11.8 Å². The molecule has 0 fully saturated rings. The third-order valence-electron chi connectivity index (χ3n) is 1.69. The smallest absolute Gasteiger partial charge is 0.476 e. The summed E-state index contributed by atoms with van der Waals surface area (Å²) in [6.07, 6.45) is -2.55. The molecule has 0 aliphatic carbocycles. The maximum Gasteiger partial charge on any atom is 0.476 e. The summed E-state index contributed by atoms with van der Waals surface area (Å²) in [4.78, 5) is 10.7. The van der Waals surface area contributed by atoms with Gasteiger partial charge in [0, 0.05) is 11.8 Å². The van der Waals surface area contributed by atoms with E-state index >= 15 is 0 Å². The van der Waals surface area contributed by atoms with E-state index in [1.54, 1.807) is 13.8 Å². The van der Waals surface area contributed by atoms with Gasteiger partial charge in [-0.15, -0.1) is 23.2 Å². The van der Waals surface area contributed by atoms with E-state index in [-0.39, 0.29) is 11.8 Å². The molecule has 6 nitrogen and oxygen atoms in total. The lowest BCUT2D eigenvalue weighted by Gasteiger charge is -2.24. The van der Waals surface area contributed by atoms with E-state index in [9.17, 15) is 9.36 Å². The number of hydrogen-bond acceptors (Lipinski definition) is 5. The molecule has 0 heterocycles. The first-order chi connectivity index (χ1) is 8.24. The van der Waals surface area contributed by atoms with Crippen LogP contribution in [0.15, 0.2) is 0 Å². The Morgan fingerprint density at radius 1 is 1.11 bits per heavy atom. The first-order valence-corrected chi connectivity index (χ1v) is 7.77. The molecule has 108 valence electrons. The van der Waals surface area contributed by atoms with E-state index in [1.165, 1.54) is 6.92 Å². The predicted molar refractivity (Wildman–Crippen MR) is 68.3 cm³/mol. The normalized spacial score (nSPS) is 19.8. The molecule has 0 bridgehead atoms. The largest absolute Gasteiger partial charge is 0.479 e. The molecule has 18 heavy (non-hydrogen) atoms. The molecule has 0 aromatic heterocycles. The molecular formula is C9H17Cl2O6P. The minimum atomic E-state index is -4.02. The van der Waals surface area contributed by atoms with Crippen LogP contribution in [0.2, 0.25) is 0 Å². The van der Waals surface area contributed by atoms with Gasteiger partial charge in [0.1, 0.15) is 0 Å². The number of hydrogen-bond donors (Lipinski definition) is 1. The number of halogens is 2. The highest BCUT2D eigenvalue weighted by atomic mass is 35.5. The highest BCUT2D eigenvalue weighted by Crippen LogP contribution is 2.52. The van der Waals surface area contributed by atoms with Crippen molar-refractivity contribution in [2.24, 2.45) is 0 Å². The number of carbonyl (C=O) groups is 1. The second-order valence-electron chi connectivity index (χ2n) is 3.67. The van der Waals surface area contributed by atoms with Gasteiger partial charge in [0.2, 0.25) is 0 Å². The Balaban J connectivity index is 4.79. The maximum absolute atomic E-state index is 12.2. The number of alkyl halides is 2. The van der Waals surface area contributed by atoms with Gasteiger partial charge in [-0.2, -0.15) is 0 Å². The molecule has 0 amide bonds. The van der Waals surface area contributed by atoms with Crippen molar-refractivity contribution in [1.82, 2.24) is 0 Å². The van der Waals surface area contributed by atoms with Gasteiger partial charge in [-0.1, -0.05) is 0 Å². The van der Waals surface area contributed by atoms with E-state index in [0.29, 0.717) is 0 Å². The summed E-state index contributed by atoms with van der Waals surface area (Å²) in [5, 5.41) is 8.72. The standard InChI is InChI=1S/C9H17Cl2O6P/c1-6(4-10)15-18(14,16-7(2)5-11)17-8(3)9(12)13/h6-8H,4-5H2,1-3H3,(H,12,13). The Bertz CT molecular complexity index is 297. The highest BCUT2D eigenvalue weighted by molar-refractivity contribution is 7.48. The third kappa shape index (κ3) is 6.92. The molecule has 0 aliphatic heterocycles. The van der Waals surface area contributed by atoms with Gasteiger partial charge in [-0.05, 0) is 20.8 Å². The predicted octanol–water partition coefficient (Wildman–Crippen LogP) is 2.87. The lowest BCUT2D eigenvalue weighted by atomic mass is 10.4. The number of aliphatic carboxylic acids is 1. The molecule has 1 N–H and O–H groups in total. The number of carboxylic acid groups (broad SMARTS) is 1. The first-order valence-electron chi connectivity index (χ1n) is 5.24. The van der Waals surface area contributed by atoms with Crippen molar-refractivity contribution in [1.29, 1.82) is 0 Å². The van der Waals surface area contributed by atoms with Gasteiger partial charge in [-0.3, -0.25) is 13.6 Å². The average Bonchev–Trinajstić information content (AvgIpc) is 2.27. The molecule has 3 atom stereocenters. The van der Waals surface area contributed by atoms with E-state index in [4.69, 9.17) is 41.9 Å². The molecule has 0 spiro atoms. The molecule has 0 aliphatic rings. The highest BCUT2D eigenvalue weighted by Gasteiger charge is 2.35. The van der Waals surface area contributed by atoms with Crippen molar-refractivity contribution in [3.05, 3.63) is 0 Å². The number of rotatable bonds is 9. The summed E-state index contributed by atoms with van der Waals surface area (Å²) < 4.78 is 27.1. The maximum atomic E-state index is 12.2. The SMILES string of the molecule is CC(CCl)OP(=O)(OC(C)CCl)OC(C)C(=O)O. The van der Waals surface area contributed by atoms with Crippen molar-refractivity contribution in [3.63, 3.8) is 0 Å². The third-order valence-corrected chi connectivity index (χ3v) is 4.37. The molecule has 0 rings (SSSR count). The van der Waals surface area contributed by atoms with Crippen LogP contribution in [-0.4, -0.2) is 41.1 Å². The van der Waals surface area contributed by atoms with Crippen LogP contribution >= 0.6 is 31.0 Å². The minimum Gasteiger partial charge on any atom is -0.479 e. The lowest BCUT2D eigenvalue weighted by Crippen LogP contribution is -2.23. The zero-order valence-electron chi connectivity index (χ0n) is 10.3. The molecule has 0 aromatic carbocycles. The summed E-state index contributed by atoms with van der Waals surface area (Å²) in [5.74, 6) is -1.15. The summed E-state index contributed by atoms with van der Waals surface area (Å²) >= 11 is 11.1. The van der Waals surface area contributed by atoms with E-state index in [1.807, 2.05) is 0 Å². The second-order valence-corrected chi connectivity index (χ2v) is 5.82. The van der Waals surface area contributed by atoms with Gasteiger partial charge in [0.05, 0.1) is 12.2 Å². The zero-order chi connectivity index (χ0) is 14.3. The fourth-order valence-corrected chi connectivity index (χ4v) is 2.77. The van der Waals surface area contributed by atoms with Crippen LogP contribution < -0.4 is 0 Å². The van der Waals surface area contributed by atoms with E-state index < -0.39 is 32.1 Å². The van der Waals surface area contributed by atoms with Gasteiger partial charge in [0.15, 0.2) is 6.10 Å². The summed E-state index contributed by atoms with van der Waals surface area (Å²) in [6.45, 7) is 4.34. The Labute approximate surface area is 116 Å². The molecular weight excluding hydrogens is 306 g/mol. The van der Waals surface area contributed by atoms with Gasteiger partial charge in [0.25, 0.3) is 0 Å². The zero-order valence-corrected chi connectivity index (χ0v) is 12.7. The number of phosphoric ester groups is 1. The van der Waals surface area contributed by atoms with E-state index in [0.717, 1.165) is 0 Å². The van der Waals surface area contributed by atoms with Crippen LogP contribution in [-0.2, 0) is 22.9 Å². The Kier molecular flexibility index (Phi) is 8.43. The summed E-state index contributed by atoms with van der Waals surface area (Å²) in [5.41, 5.74) is 0. The second kappa shape index (κ2) is 8.35. The monoisotopic (exact) mass is 322 g/mol. The van der Waals surface area contributed by atoms with Crippen LogP contribution in [0.25, 0.3) is 0 Å². The van der Waals surface area contributed by atoms with Crippen LogP contribution in [0.1, 0.15) is 20.8 Å². The summed E-state index contributed by atoms with van der Waals surface area (Å²) in [6, 6.07) is 0. The quantitative estimate of drug-likeness (QED) is 0.519. The number of phosphoric acid groups is 1. The fourth-order valence-electron chi connectivity index (χ4n) is 0.810. The van der Waals surface area contributed by atoms with Crippen LogP contribution in [0, 0.1) is 0 Å². The van der Waals surface area contributed by atoms with Crippen LogP contribution in [0.4, 0.5) is 0 Å². The van der Waals surface area contributed by atoms with Crippen LogP contribution in [0.5, 0.6) is 0 Å². The van der Waals surface area contributed by atoms with Crippen LogP contribution in [0.3, 0.4) is 0 Å². The summed E-state index contributed by atoms with van der Waals surface area (Å²) in [7, 11) is -4.02. The van der Waals surface area contributed by atoms with Crippen molar-refractivity contribution in [3.8, 4) is 0 Å². The van der Waals surface area contributed by atoms with Crippen molar-refractivity contribution in [2.45, 2.75) is 39.1 Å². The Morgan fingerprint density at radius 3 is 1.78 bits per heavy atom. The first kappa shape index (κ1) is 18.2. The lowest BCUT2D eigenvalue weighted by molar-refractivity contribution is -0.145. The van der Waals surface area contributed by atoms with Gasteiger partial charge >= 0.3 is 13.8 Å². The fraction of sp³-hybridized carbons (Fsp3) is 0.889. The molecule has 9 heteroatoms. The van der Waals surface area contributed by atoms with Crippen molar-refractivity contribution < 1.29 is 28.0 Å². The molecule has 0 saturated heterocycles. The van der Waals surface area contributed by atoms with Gasteiger partial charge < -0.3 is 5.11 Å². The molecule has 3 unspecified atom stereocenters. The molecule has 0 aromatic rings. The Hall–Kier alpha value is 0.160. The topological polar surface area (TPSA) is 82.1 Å².